The van der Waals surface area contributed by atoms with E-state index in [1.54, 1.807) is 27.3 Å². The molecule has 4 aromatic rings. The van der Waals surface area contributed by atoms with E-state index in [2.05, 4.69) is 29.3 Å². The van der Waals surface area contributed by atoms with Crippen molar-refractivity contribution in [1.82, 2.24) is 19.9 Å². The van der Waals surface area contributed by atoms with Gasteiger partial charge in [-0.1, -0.05) is 5.16 Å². The van der Waals surface area contributed by atoms with Crippen LogP contribution in [-0.2, 0) is 11.3 Å². The SMILES string of the molecule is CCOC(=O)c1c(-c2nn(C(C)C)c3ccnc(NCc4ccc(OC)cc4OC)c23)noc1C1CC1. The van der Waals surface area contributed by atoms with Gasteiger partial charge in [-0.2, -0.15) is 5.10 Å². The molecule has 0 amide bonds. The van der Waals surface area contributed by atoms with Crippen molar-refractivity contribution in [2.24, 2.45) is 0 Å². The van der Waals surface area contributed by atoms with Crippen molar-refractivity contribution in [2.45, 2.75) is 52.1 Å². The Bertz CT molecular complexity index is 1440. The zero-order valence-electron chi connectivity index (χ0n) is 21.7. The van der Waals surface area contributed by atoms with Crippen molar-refractivity contribution < 1.29 is 23.5 Å². The number of aromatic nitrogens is 4. The number of nitrogens with one attached hydrogen (secondary N) is 1. The fourth-order valence-corrected chi connectivity index (χ4v) is 4.45. The number of pyridine rings is 1. The summed E-state index contributed by atoms with van der Waals surface area (Å²) < 4.78 is 23.9. The number of rotatable bonds is 10. The Morgan fingerprint density at radius 2 is 2.00 bits per heavy atom. The second-order valence-corrected chi connectivity index (χ2v) is 9.24. The molecule has 3 aromatic heterocycles. The molecule has 0 bridgehead atoms. The number of hydrogen-bond acceptors (Lipinski definition) is 9. The lowest BCUT2D eigenvalue weighted by Crippen LogP contribution is -2.08. The zero-order chi connectivity index (χ0) is 26.1. The first kappa shape index (κ1) is 24.6. The number of anilines is 1. The third-order valence-electron chi connectivity index (χ3n) is 6.42. The van der Waals surface area contributed by atoms with E-state index in [9.17, 15) is 4.79 Å². The molecule has 3 heterocycles. The van der Waals surface area contributed by atoms with E-state index in [0.29, 0.717) is 46.6 Å². The summed E-state index contributed by atoms with van der Waals surface area (Å²) in [6, 6.07) is 7.65. The molecule has 1 fully saturated rings. The van der Waals surface area contributed by atoms with Crippen molar-refractivity contribution in [3.8, 4) is 22.9 Å². The number of esters is 1. The van der Waals surface area contributed by atoms with Crippen LogP contribution in [0.5, 0.6) is 11.5 Å². The van der Waals surface area contributed by atoms with Crippen molar-refractivity contribution in [3.63, 3.8) is 0 Å². The molecule has 0 atom stereocenters. The van der Waals surface area contributed by atoms with Gasteiger partial charge in [0.25, 0.3) is 0 Å². The molecule has 0 spiro atoms. The highest BCUT2D eigenvalue weighted by Gasteiger charge is 2.37. The van der Waals surface area contributed by atoms with E-state index >= 15 is 0 Å². The maximum atomic E-state index is 13.0. The summed E-state index contributed by atoms with van der Waals surface area (Å²) in [5.41, 5.74) is 3.06. The molecule has 1 aliphatic rings. The summed E-state index contributed by atoms with van der Waals surface area (Å²) in [4.78, 5) is 17.7. The number of ether oxygens (including phenoxy) is 3. The fourth-order valence-electron chi connectivity index (χ4n) is 4.45. The van der Waals surface area contributed by atoms with Gasteiger partial charge < -0.3 is 24.1 Å². The predicted molar refractivity (Wildman–Crippen MR) is 138 cm³/mol. The number of nitrogens with zero attached hydrogens (tertiary/aromatic N) is 4. The zero-order valence-corrected chi connectivity index (χ0v) is 21.7. The highest BCUT2D eigenvalue weighted by atomic mass is 16.5. The Morgan fingerprint density at radius 3 is 2.68 bits per heavy atom. The molecule has 37 heavy (non-hydrogen) atoms. The van der Waals surface area contributed by atoms with Crippen LogP contribution < -0.4 is 14.8 Å². The van der Waals surface area contributed by atoms with Gasteiger partial charge in [-0.15, -0.1) is 0 Å². The number of hydrogen-bond donors (Lipinski definition) is 1. The minimum absolute atomic E-state index is 0.0639. The van der Waals surface area contributed by atoms with Gasteiger partial charge in [0.15, 0.2) is 5.76 Å². The molecule has 0 radical (unpaired) electrons. The lowest BCUT2D eigenvalue weighted by atomic mass is 10.1. The molecule has 0 aliphatic heterocycles. The van der Waals surface area contributed by atoms with E-state index in [1.807, 2.05) is 28.9 Å². The van der Waals surface area contributed by atoms with Gasteiger partial charge in [0.1, 0.15) is 34.3 Å². The number of carbonyl (C=O) groups excluding carboxylic acids is 1. The third kappa shape index (κ3) is 4.59. The smallest absolute Gasteiger partial charge is 0.344 e. The van der Waals surface area contributed by atoms with Crippen LogP contribution in [0.1, 0.15) is 67.3 Å². The molecule has 194 valence electrons. The molecule has 0 unspecified atom stereocenters. The Morgan fingerprint density at radius 1 is 1.19 bits per heavy atom. The average Bonchev–Trinajstić information content (AvgIpc) is 3.53. The third-order valence-corrected chi connectivity index (χ3v) is 6.42. The molecule has 5 rings (SSSR count). The highest BCUT2D eigenvalue weighted by molar-refractivity contribution is 6.05. The summed E-state index contributed by atoms with van der Waals surface area (Å²) in [7, 11) is 3.25. The molecule has 10 nitrogen and oxygen atoms in total. The van der Waals surface area contributed by atoms with E-state index < -0.39 is 5.97 Å². The first-order chi connectivity index (χ1) is 18.0. The average molecular weight is 506 g/mol. The second-order valence-electron chi connectivity index (χ2n) is 9.24. The van der Waals surface area contributed by atoms with Crippen LogP contribution in [0.25, 0.3) is 22.3 Å². The lowest BCUT2D eigenvalue weighted by Gasteiger charge is -2.13. The van der Waals surface area contributed by atoms with Gasteiger partial charge in [0, 0.05) is 36.3 Å². The second kappa shape index (κ2) is 10.1. The molecule has 1 N–H and O–H groups in total. The number of methoxy groups -OCH3 is 2. The summed E-state index contributed by atoms with van der Waals surface area (Å²) in [6.45, 7) is 6.59. The fraction of sp³-hybridized carbons (Fsp3) is 0.407. The molecule has 1 aliphatic carbocycles. The van der Waals surface area contributed by atoms with Gasteiger partial charge in [0.2, 0.25) is 0 Å². The molecule has 10 heteroatoms. The van der Waals surface area contributed by atoms with Crippen molar-refractivity contribution >= 4 is 22.7 Å². The van der Waals surface area contributed by atoms with Gasteiger partial charge in [-0.3, -0.25) is 4.68 Å². The van der Waals surface area contributed by atoms with Crippen LogP contribution >= 0.6 is 0 Å². The molecular weight excluding hydrogens is 474 g/mol. The Balaban J connectivity index is 1.62. The summed E-state index contributed by atoms with van der Waals surface area (Å²) in [6.07, 6.45) is 3.66. The van der Waals surface area contributed by atoms with Crippen molar-refractivity contribution in [1.29, 1.82) is 0 Å². The van der Waals surface area contributed by atoms with Gasteiger partial charge >= 0.3 is 5.97 Å². The van der Waals surface area contributed by atoms with E-state index in [4.69, 9.17) is 23.8 Å². The summed E-state index contributed by atoms with van der Waals surface area (Å²) >= 11 is 0. The standard InChI is InChI=1S/C27H31N5O5/c1-6-36-27(33)22-24(31-37-25(22)16-7-8-16)23-21-19(32(30-23)15(2)3)11-12-28-26(21)29-14-17-9-10-18(34-4)13-20(17)35-5/h9-13,15-16H,6-8,14H2,1-5H3,(H,28,29). The van der Waals surface area contributed by atoms with E-state index in [0.717, 1.165) is 29.3 Å². The summed E-state index contributed by atoms with van der Waals surface area (Å²) in [5.74, 6) is 2.33. The minimum atomic E-state index is -0.450. The monoisotopic (exact) mass is 505 g/mol. The Labute approximate surface area is 214 Å². The Kier molecular flexibility index (Phi) is 6.73. The molecular formula is C27H31N5O5. The molecule has 1 aromatic carbocycles. The maximum Gasteiger partial charge on any atom is 0.344 e. The topological polar surface area (TPSA) is 114 Å². The van der Waals surface area contributed by atoms with Gasteiger partial charge in [-0.25, -0.2) is 9.78 Å². The number of benzene rings is 1. The lowest BCUT2D eigenvalue weighted by molar-refractivity contribution is 0.0524. The first-order valence-corrected chi connectivity index (χ1v) is 12.5. The highest BCUT2D eigenvalue weighted by Crippen LogP contribution is 2.45. The molecule has 0 saturated heterocycles. The van der Waals surface area contributed by atoms with E-state index in [1.165, 1.54) is 0 Å². The minimum Gasteiger partial charge on any atom is -0.497 e. The van der Waals surface area contributed by atoms with Gasteiger partial charge in [0.05, 0.1) is 31.7 Å². The number of fused-ring (bicyclic) bond motifs is 1. The maximum absolute atomic E-state index is 13.0. The Hall–Kier alpha value is -4.08. The van der Waals surface area contributed by atoms with Crippen molar-refractivity contribution in [3.05, 3.63) is 47.3 Å². The normalized spacial score (nSPS) is 13.2. The predicted octanol–water partition coefficient (Wildman–Crippen LogP) is 5.35. The summed E-state index contributed by atoms with van der Waals surface area (Å²) in [5, 5.41) is 13.4. The largest absolute Gasteiger partial charge is 0.497 e. The van der Waals surface area contributed by atoms with Crippen LogP contribution in [-0.4, -0.2) is 46.7 Å². The quantitative estimate of drug-likeness (QED) is 0.285. The van der Waals surface area contributed by atoms with Crippen LogP contribution in [0, 0.1) is 0 Å². The first-order valence-electron chi connectivity index (χ1n) is 12.5. The van der Waals surface area contributed by atoms with Crippen LogP contribution in [0.15, 0.2) is 35.0 Å². The van der Waals surface area contributed by atoms with Crippen LogP contribution in [0.3, 0.4) is 0 Å². The van der Waals surface area contributed by atoms with E-state index in [-0.39, 0.29) is 18.6 Å². The van der Waals surface area contributed by atoms with Crippen LogP contribution in [0.4, 0.5) is 5.82 Å². The molecule has 1 saturated carbocycles. The van der Waals surface area contributed by atoms with Crippen LogP contribution in [0.2, 0.25) is 0 Å². The van der Waals surface area contributed by atoms with Gasteiger partial charge in [-0.05, 0) is 51.8 Å². The number of carbonyl (C=O) groups is 1. The van der Waals surface area contributed by atoms with Crippen molar-refractivity contribution in [2.75, 3.05) is 26.1 Å².